The summed E-state index contributed by atoms with van der Waals surface area (Å²) in [6, 6.07) is 19.1. The van der Waals surface area contributed by atoms with Crippen LogP contribution in [-0.4, -0.2) is 43.0 Å². The fraction of sp³-hybridized carbons (Fsp3) is 0.364. The first-order valence-electron chi connectivity index (χ1n) is 9.45. The second-order valence-corrected chi connectivity index (χ2v) is 6.87. The molecule has 27 heavy (non-hydrogen) atoms. The van der Waals surface area contributed by atoms with Crippen LogP contribution in [-0.2, 0) is 16.1 Å². The molecule has 1 N–H and O–H groups in total. The minimum atomic E-state index is -0.215. The molecule has 0 bridgehead atoms. The van der Waals surface area contributed by atoms with Crippen molar-refractivity contribution in [1.29, 1.82) is 0 Å². The first kappa shape index (κ1) is 19.1. The predicted octanol–water partition coefficient (Wildman–Crippen LogP) is 2.87. The van der Waals surface area contributed by atoms with Gasteiger partial charge in [0.15, 0.2) is 0 Å². The number of piperidine rings is 1. The Balaban J connectivity index is 1.33. The highest BCUT2D eigenvalue weighted by atomic mass is 16.5. The van der Waals surface area contributed by atoms with E-state index in [-0.39, 0.29) is 18.4 Å². The number of hydrogen-bond donors (Lipinski definition) is 1. The number of carbonyl (C=O) groups excluding carboxylic acids is 2. The first-order chi connectivity index (χ1) is 13.2. The number of nitrogens with zero attached hydrogens (tertiary/aromatic N) is 1. The van der Waals surface area contributed by atoms with Crippen LogP contribution in [0.25, 0.3) is 0 Å². The van der Waals surface area contributed by atoms with Crippen LogP contribution in [0.2, 0.25) is 0 Å². The van der Waals surface area contributed by atoms with E-state index in [9.17, 15) is 9.59 Å². The fourth-order valence-corrected chi connectivity index (χ4v) is 3.23. The smallest absolute Gasteiger partial charge is 0.251 e. The van der Waals surface area contributed by atoms with Crippen LogP contribution in [0.5, 0.6) is 0 Å². The summed E-state index contributed by atoms with van der Waals surface area (Å²) in [6.45, 7) is 2.84. The van der Waals surface area contributed by atoms with E-state index in [0.29, 0.717) is 18.1 Å². The lowest BCUT2D eigenvalue weighted by atomic mass is 9.98. The zero-order valence-electron chi connectivity index (χ0n) is 15.5. The maximum Gasteiger partial charge on any atom is 0.251 e. The number of rotatable bonds is 7. The van der Waals surface area contributed by atoms with Gasteiger partial charge in [-0.05, 0) is 36.5 Å². The molecule has 1 fully saturated rings. The summed E-state index contributed by atoms with van der Waals surface area (Å²) in [6.07, 6.45) is 1.88. The van der Waals surface area contributed by atoms with Gasteiger partial charge in [0.1, 0.15) is 0 Å². The largest absolute Gasteiger partial charge is 0.376 e. The summed E-state index contributed by atoms with van der Waals surface area (Å²) in [7, 11) is 0. The van der Waals surface area contributed by atoms with Crippen molar-refractivity contribution in [2.75, 3.05) is 26.2 Å². The number of benzene rings is 2. The molecule has 1 aliphatic rings. The summed E-state index contributed by atoms with van der Waals surface area (Å²) in [5.74, 6) is 0.243. The van der Waals surface area contributed by atoms with Gasteiger partial charge in [0, 0.05) is 25.3 Å². The Hall–Kier alpha value is -2.66. The van der Waals surface area contributed by atoms with Crippen molar-refractivity contribution in [1.82, 2.24) is 10.2 Å². The van der Waals surface area contributed by atoms with E-state index in [4.69, 9.17) is 4.74 Å². The molecule has 1 heterocycles. The quantitative estimate of drug-likeness (QED) is 0.820. The van der Waals surface area contributed by atoms with Crippen molar-refractivity contribution in [3.05, 3.63) is 71.8 Å². The van der Waals surface area contributed by atoms with Crippen molar-refractivity contribution in [3.8, 4) is 0 Å². The molecule has 0 radical (unpaired) electrons. The molecule has 0 aliphatic carbocycles. The van der Waals surface area contributed by atoms with Gasteiger partial charge in [0.2, 0.25) is 5.91 Å². The Labute approximate surface area is 160 Å². The van der Waals surface area contributed by atoms with Crippen LogP contribution >= 0.6 is 0 Å². The molecule has 1 aliphatic heterocycles. The summed E-state index contributed by atoms with van der Waals surface area (Å²) in [5.41, 5.74) is 1.75. The van der Waals surface area contributed by atoms with Gasteiger partial charge in [-0.1, -0.05) is 48.5 Å². The zero-order chi connectivity index (χ0) is 18.9. The van der Waals surface area contributed by atoms with Gasteiger partial charge in [-0.15, -0.1) is 0 Å². The topological polar surface area (TPSA) is 58.6 Å². The summed E-state index contributed by atoms with van der Waals surface area (Å²) >= 11 is 0. The molecule has 2 aromatic rings. The van der Waals surface area contributed by atoms with Gasteiger partial charge in [0.25, 0.3) is 5.91 Å². The van der Waals surface area contributed by atoms with E-state index >= 15 is 0 Å². The standard InChI is InChI=1S/C22H26N2O3/c25-21(15-23-22(26)20-9-5-2-6-10-20)24-13-11-19(12-14-24)17-27-16-18-7-3-1-4-8-18/h1-10,19H,11-17H2,(H,23,26). The highest BCUT2D eigenvalue weighted by molar-refractivity contribution is 5.96. The molecule has 2 amide bonds. The Morgan fingerprint density at radius 1 is 0.963 bits per heavy atom. The molecule has 3 rings (SSSR count). The molecule has 5 nitrogen and oxygen atoms in total. The lowest BCUT2D eigenvalue weighted by Crippen LogP contribution is -2.44. The molecular formula is C22H26N2O3. The molecule has 0 saturated carbocycles. The van der Waals surface area contributed by atoms with E-state index in [2.05, 4.69) is 17.4 Å². The van der Waals surface area contributed by atoms with Crippen LogP contribution in [0.3, 0.4) is 0 Å². The van der Waals surface area contributed by atoms with Crippen LogP contribution in [0.15, 0.2) is 60.7 Å². The monoisotopic (exact) mass is 366 g/mol. The predicted molar refractivity (Wildman–Crippen MR) is 104 cm³/mol. The average Bonchev–Trinajstić information content (AvgIpc) is 2.73. The van der Waals surface area contributed by atoms with Crippen LogP contribution < -0.4 is 5.32 Å². The van der Waals surface area contributed by atoms with Crippen molar-refractivity contribution >= 4 is 11.8 Å². The van der Waals surface area contributed by atoms with Gasteiger partial charge >= 0.3 is 0 Å². The zero-order valence-corrected chi connectivity index (χ0v) is 15.5. The molecule has 142 valence electrons. The van der Waals surface area contributed by atoms with Gasteiger partial charge < -0.3 is 15.0 Å². The third kappa shape index (κ3) is 5.93. The molecular weight excluding hydrogens is 340 g/mol. The Bertz CT molecular complexity index is 726. The molecule has 0 atom stereocenters. The van der Waals surface area contributed by atoms with Crippen LogP contribution in [0.1, 0.15) is 28.8 Å². The van der Waals surface area contributed by atoms with Crippen molar-refractivity contribution in [2.45, 2.75) is 19.4 Å². The fourth-order valence-electron chi connectivity index (χ4n) is 3.23. The van der Waals surface area contributed by atoms with Crippen LogP contribution in [0, 0.1) is 5.92 Å². The van der Waals surface area contributed by atoms with Crippen molar-refractivity contribution < 1.29 is 14.3 Å². The third-order valence-electron chi connectivity index (χ3n) is 4.87. The number of likely N-dealkylation sites (tertiary alicyclic amines) is 1. The Kier molecular flexibility index (Phi) is 6.99. The second-order valence-electron chi connectivity index (χ2n) is 6.87. The molecule has 0 spiro atoms. The molecule has 2 aromatic carbocycles. The van der Waals surface area contributed by atoms with E-state index in [1.54, 1.807) is 24.3 Å². The Morgan fingerprint density at radius 3 is 2.26 bits per heavy atom. The lowest BCUT2D eigenvalue weighted by molar-refractivity contribution is -0.131. The van der Waals surface area contributed by atoms with Gasteiger partial charge in [0.05, 0.1) is 13.2 Å². The van der Waals surface area contributed by atoms with E-state index in [1.807, 2.05) is 29.2 Å². The third-order valence-corrected chi connectivity index (χ3v) is 4.87. The number of carbonyl (C=O) groups is 2. The minimum absolute atomic E-state index is 0.0251. The Morgan fingerprint density at radius 2 is 1.59 bits per heavy atom. The maximum atomic E-state index is 12.3. The number of amides is 2. The normalized spacial score (nSPS) is 14.7. The maximum absolute atomic E-state index is 12.3. The van der Waals surface area contributed by atoms with E-state index < -0.39 is 0 Å². The van der Waals surface area contributed by atoms with Crippen LogP contribution in [0.4, 0.5) is 0 Å². The molecule has 0 unspecified atom stereocenters. The number of ether oxygens (including phenoxy) is 1. The van der Waals surface area contributed by atoms with Crippen molar-refractivity contribution in [3.63, 3.8) is 0 Å². The van der Waals surface area contributed by atoms with Gasteiger partial charge in [-0.3, -0.25) is 9.59 Å². The SMILES string of the molecule is O=C(NCC(=O)N1CCC(COCc2ccccc2)CC1)c1ccccc1. The average molecular weight is 366 g/mol. The molecule has 1 saturated heterocycles. The van der Waals surface area contributed by atoms with E-state index in [0.717, 1.165) is 32.5 Å². The van der Waals surface area contributed by atoms with Crippen molar-refractivity contribution in [2.24, 2.45) is 5.92 Å². The molecule has 0 aromatic heterocycles. The highest BCUT2D eigenvalue weighted by Gasteiger charge is 2.23. The van der Waals surface area contributed by atoms with E-state index in [1.165, 1.54) is 5.56 Å². The summed E-state index contributed by atoms with van der Waals surface area (Å²) in [5, 5.41) is 2.70. The first-order valence-corrected chi connectivity index (χ1v) is 9.45. The van der Waals surface area contributed by atoms with Gasteiger partial charge in [-0.2, -0.15) is 0 Å². The minimum Gasteiger partial charge on any atom is -0.376 e. The van der Waals surface area contributed by atoms with Gasteiger partial charge in [-0.25, -0.2) is 0 Å². The lowest BCUT2D eigenvalue weighted by Gasteiger charge is -2.32. The second kappa shape index (κ2) is 9.88. The number of hydrogen-bond acceptors (Lipinski definition) is 3. The summed E-state index contributed by atoms with van der Waals surface area (Å²) < 4.78 is 5.82. The summed E-state index contributed by atoms with van der Waals surface area (Å²) in [4.78, 5) is 26.2. The molecule has 5 heteroatoms. The number of nitrogens with one attached hydrogen (secondary N) is 1. The highest BCUT2D eigenvalue weighted by Crippen LogP contribution is 2.18.